The highest BCUT2D eigenvalue weighted by molar-refractivity contribution is 5.70. The van der Waals surface area contributed by atoms with E-state index in [9.17, 15) is 0 Å². The number of benzene rings is 1. The molecule has 0 fully saturated rings. The second-order valence-electron chi connectivity index (χ2n) is 6.21. The molecule has 154 valence electrons. The van der Waals surface area contributed by atoms with E-state index in [1.807, 2.05) is 85.7 Å². The highest BCUT2D eigenvalue weighted by atomic mass is 14.9. The van der Waals surface area contributed by atoms with E-state index in [1.54, 1.807) is 0 Å². The molecule has 0 heterocycles. The molecule has 0 spiro atoms. The van der Waals surface area contributed by atoms with Crippen LogP contribution >= 0.6 is 0 Å². The first kappa shape index (κ1) is 27.5. The molecule has 1 aromatic carbocycles. The van der Waals surface area contributed by atoms with Gasteiger partial charge < -0.3 is 10.6 Å². The third-order valence-corrected chi connectivity index (χ3v) is 3.14. The van der Waals surface area contributed by atoms with Crippen molar-refractivity contribution in [2.45, 2.75) is 55.4 Å². The summed E-state index contributed by atoms with van der Waals surface area (Å²) in [6.45, 7) is 32.1. The number of nitrogens with one attached hydrogen (secondary N) is 2. The van der Waals surface area contributed by atoms with Gasteiger partial charge in [0.15, 0.2) is 0 Å². The summed E-state index contributed by atoms with van der Waals surface area (Å²) in [6, 6.07) is 8.07. The molecular formula is C26H40N2. The molecule has 0 aliphatic rings. The average Bonchev–Trinajstić information content (AvgIpc) is 2.63. The average molecular weight is 381 g/mol. The minimum Gasteiger partial charge on any atom is -0.359 e. The van der Waals surface area contributed by atoms with Crippen molar-refractivity contribution < 1.29 is 0 Å². The van der Waals surface area contributed by atoms with Crippen LogP contribution in [-0.4, -0.2) is 0 Å². The summed E-state index contributed by atoms with van der Waals surface area (Å²) in [5.41, 5.74) is 7.67. The van der Waals surface area contributed by atoms with Gasteiger partial charge in [0.05, 0.1) is 0 Å². The van der Waals surface area contributed by atoms with E-state index in [1.165, 1.54) is 5.57 Å². The topological polar surface area (TPSA) is 24.1 Å². The third kappa shape index (κ3) is 11.8. The third-order valence-electron chi connectivity index (χ3n) is 3.14. The van der Waals surface area contributed by atoms with Crippen molar-refractivity contribution >= 4 is 11.4 Å². The Kier molecular flexibility index (Phi) is 15.0. The Balaban J connectivity index is 0. The molecule has 1 rings (SSSR count). The fourth-order valence-electron chi connectivity index (χ4n) is 2.26. The van der Waals surface area contributed by atoms with Crippen LogP contribution in [0.2, 0.25) is 0 Å². The van der Waals surface area contributed by atoms with E-state index in [4.69, 9.17) is 0 Å². The van der Waals surface area contributed by atoms with E-state index in [2.05, 4.69) is 43.0 Å². The minimum atomic E-state index is 0.807. The Morgan fingerprint density at radius 2 is 1.21 bits per heavy atom. The Morgan fingerprint density at radius 3 is 1.64 bits per heavy atom. The summed E-state index contributed by atoms with van der Waals surface area (Å²) in [7, 11) is 0. The second kappa shape index (κ2) is 15.3. The van der Waals surface area contributed by atoms with Crippen LogP contribution in [0.3, 0.4) is 0 Å². The molecule has 0 aliphatic heterocycles. The zero-order valence-corrected chi connectivity index (χ0v) is 19.3. The zero-order chi connectivity index (χ0) is 22.3. The fourth-order valence-corrected chi connectivity index (χ4v) is 2.26. The smallest absolute Gasteiger partial charge is 0.0384 e. The molecule has 28 heavy (non-hydrogen) atoms. The molecule has 0 aliphatic carbocycles. The predicted octanol–water partition coefficient (Wildman–Crippen LogP) is 7.82. The second-order valence-corrected chi connectivity index (χ2v) is 6.21. The van der Waals surface area contributed by atoms with Gasteiger partial charge in [-0.05, 0) is 57.0 Å². The first-order valence-electron chi connectivity index (χ1n) is 9.89. The van der Waals surface area contributed by atoms with Gasteiger partial charge in [-0.2, -0.15) is 0 Å². The summed E-state index contributed by atoms with van der Waals surface area (Å²) in [6.07, 6.45) is 3.97. The van der Waals surface area contributed by atoms with E-state index in [-0.39, 0.29) is 0 Å². The van der Waals surface area contributed by atoms with Crippen LogP contribution in [0.1, 0.15) is 66.5 Å². The van der Waals surface area contributed by atoms with Crippen molar-refractivity contribution in [2.75, 3.05) is 0 Å². The number of hydrogen-bond acceptors (Lipinski definition) is 2. The summed E-state index contributed by atoms with van der Waals surface area (Å²) in [4.78, 5) is 0. The van der Waals surface area contributed by atoms with Crippen LogP contribution in [0, 0.1) is 0 Å². The van der Waals surface area contributed by atoms with Gasteiger partial charge in [0.25, 0.3) is 0 Å². The quantitative estimate of drug-likeness (QED) is 0.449. The summed E-state index contributed by atoms with van der Waals surface area (Å²) in [5.74, 6) is 0. The number of hydrogen-bond donors (Lipinski definition) is 2. The molecular weight excluding hydrogens is 340 g/mol. The lowest BCUT2D eigenvalue weighted by Crippen LogP contribution is -2.11. The minimum absolute atomic E-state index is 0.807. The molecule has 0 amide bonds. The van der Waals surface area contributed by atoms with Crippen molar-refractivity contribution in [1.82, 2.24) is 10.6 Å². The maximum atomic E-state index is 4.11. The fraction of sp³-hybridized carbons (Fsp3) is 0.308. The van der Waals surface area contributed by atoms with E-state index >= 15 is 0 Å². The standard InChI is InChI=1S/C22H28N2.2C2H6/c1-15(2)12-17(5)23-19(7)21-10-9-11-22(14-21)20(8)24-18(6)13-16(3)4;2*1-2/h9-14,23-24H,1,6-8H2,2-5H3;2*1-2H3/b17-12+;;. The lowest BCUT2D eigenvalue weighted by atomic mass is 10.1. The maximum Gasteiger partial charge on any atom is 0.0384 e. The SMILES string of the molecule is C=C(C)/C=C(\C)NC(=C)c1cccc(C(=C)NC(=C)C=C(C)C)c1.CC.CC. The monoisotopic (exact) mass is 380 g/mol. The predicted molar refractivity (Wildman–Crippen MR) is 131 cm³/mol. The molecule has 0 saturated carbocycles. The molecule has 0 atom stereocenters. The molecule has 0 aromatic heterocycles. The molecule has 0 saturated heterocycles. The zero-order valence-electron chi connectivity index (χ0n) is 19.3. The Hall–Kier alpha value is -2.74. The van der Waals surface area contributed by atoms with E-state index < -0.39 is 0 Å². The summed E-state index contributed by atoms with van der Waals surface area (Å²) < 4.78 is 0. The van der Waals surface area contributed by atoms with Gasteiger partial charge in [-0.1, -0.05) is 83.4 Å². The van der Waals surface area contributed by atoms with Crippen molar-refractivity contribution in [1.29, 1.82) is 0 Å². The summed E-state index contributed by atoms with van der Waals surface area (Å²) >= 11 is 0. The van der Waals surface area contributed by atoms with Crippen LogP contribution in [0.4, 0.5) is 0 Å². The Morgan fingerprint density at radius 1 is 0.750 bits per heavy atom. The van der Waals surface area contributed by atoms with Crippen LogP contribution in [-0.2, 0) is 0 Å². The molecule has 0 unspecified atom stereocenters. The lowest BCUT2D eigenvalue weighted by molar-refractivity contribution is 1.08. The number of rotatable bonds is 8. The number of allylic oxidation sites excluding steroid dienone is 5. The van der Waals surface area contributed by atoms with Crippen LogP contribution < -0.4 is 10.6 Å². The van der Waals surface area contributed by atoms with Crippen LogP contribution in [0.15, 0.2) is 85.3 Å². The molecule has 0 radical (unpaired) electrons. The highest BCUT2D eigenvalue weighted by Crippen LogP contribution is 2.18. The Labute approximate surface area is 174 Å². The lowest BCUT2D eigenvalue weighted by Gasteiger charge is -2.14. The van der Waals surface area contributed by atoms with Gasteiger partial charge in [0.2, 0.25) is 0 Å². The van der Waals surface area contributed by atoms with Crippen molar-refractivity contribution in [2.24, 2.45) is 0 Å². The first-order valence-corrected chi connectivity index (χ1v) is 9.89. The summed E-state index contributed by atoms with van der Waals surface area (Å²) in [5, 5.41) is 6.51. The van der Waals surface area contributed by atoms with E-state index in [0.29, 0.717) is 0 Å². The molecule has 0 bridgehead atoms. The molecule has 1 aromatic rings. The Bertz CT molecular complexity index is 727. The van der Waals surface area contributed by atoms with Crippen molar-refractivity contribution in [3.63, 3.8) is 0 Å². The van der Waals surface area contributed by atoms with Gasteiger partial charge >= 0.3 is 0 Å². The van der Waals surface area contributed by atoms with E-state index in [0.717, 1.165) is 39.5 Å². The highest BCUT2D eigenvalue weighted by Gasteiger charge is 2.04. The molecule has 2 heteroatoms. The van der Waals surface area contributed by atoms with Gasteiger partial charge in [-0.25, -0.2) is 0 Å². The van der Waals surface area contributed by atoms with Crippen molar-refractivity contribution in [3.8, 4) is 0 Å². The normalized spacial score (nSPS) is 9.50. The molecule has 2 N–H and O–H groups in total. The van der Waals surface area contributed by atoms with Crippen LogP contribution in [0.5, 0.6) is 0 Å². The maximum absolute atomic E-state index is 4.11. The van der Waals surface area contributed by atoms with Gasteiger partial charge in [0, 0.05) is 22.8 Å². The van der Waals surface area contributed by atoms with Crippen LogP contribution in [0.25, 0.3) is 11.4 Å². The van der Waals surface area contributed by atoms with Gasteiger partial charge in [0.1, 0.15) is 0 Å². The largest absolute Gasteiger partial charge is 0.359 e. The van der Waals surface area contributed by atoms with Gasteiger partial charge in [-0.15, -0.1) is 0 Å². The first-order chi connectivity index (χ1) is 13.2. The molecule has 2 nitrogen and oxygen atoms in total. The van der Waals surface area contributed by atoms with Gasteiger partial charge in [-0.3, -0.25) is 0 Å². The van der Waals surface area contributed by atoms with Crippen molar-refractivity contribution in [3.05, 3.63) is 96.4 Å².